The molecule has 22 heavy (non-hydrogen) atoms. The van der Waals surface area contributed by atoms with E-state index in [4.69, 9.17) is 26.7 Å². The molecular formula is C17H12ClNO3. The molecule has 4 nitrogen and oxygen atoms in total. The number of hydrogen-bond donors (Lipinski definition) is 1. The molecule has 0 bridgehead atoms. The number of carbonyl (C=O) groups is 1. The fraction of sp³-hybridized carbons (Fsp3) is 0.0588. The minimum atomic E-state index is -1.24. The Kier molecular flexibility index (Phi) is 5.18. The van der Waals surface area contributed by atoms with Gasteiger partial charge in [-0.05, 0) is 41.5 Å². The predicted molar refractivity (Wildman–Crippen MR) is 83.5 cm³/mol. The van der Waals surface area contributed by atoms with Gasteiger partial charge in [0.1, 0.15) is 24.0 Å². The molecule has 0 aromatic heterocycles. The summed E-state index contributed by atoms with van der Waals surface area (Å²) in [6.07, 6.45) is 1.31. The summed E-state index contributed by atoms with van der Waals surface area (Å²) in [5.41, 5.74) is 1.30. The third-order valence-corrected chi connectivity index (χ3v) is 3.11. The maximum absolute atomic E-state index is 10.8. The fourth-order valence-corrected chi connectivity index (χ4v) is 1.84. The summed E-state index contributed by atoms with van der Waals surface area (Å²) in [6, 6.07) is 15.8. The predicted octanol–water partition coefficient (Wildman–Crippen LogP) is 3.91. The minimum absolute atomic E-state index is 0.310. The van der Waals surface area contributed by atoms with Gasteiger partial charge in [0.05, 0.1) is 0 Å². The highest BCUT2D eigenvalue weighted by molar-refractivity contribution is 6.30. The van der Waals surface area contributed by atoms with Gasteiger partial charge in [-0.25, -0.2) is 4.79 Å². The SMILES string of the molecule is N#C/C(=C\c1ccc(OCc2ccc(Cl)cc2)cc1)C(=O)O. The number of ether oxygens (including phenoxy) is 1. The fourth-order valence-electron chi connectivity index (χ4n) is 1.72. The van der Waals surface area contributed by atoms with Gasteiger partial charge in [-0.2, -0.15) is 5.26 Å². The highest BCUT2D eigenvalue weighted by atomic mass is 35.5. The zero-order chi connectivity index (χ0) is 15.9. The first-order valence-corrected chi connectivity index (χ1v) is 6.78. The number of aliphatic carboxylic acids is 1. The van der Waals surface area contributed by atoms with Crippen LogP contribution < -0.4 is 4.74 Å². The minimum Gasteiger partial charge on any atom is -0.489 e. The molecule has 0 unspecified atom stereocenters. The summed E-state index contributed by atoms with van der Waals surface area (Å²) in [5, 5.41) is 18.2. The van der Waals surface area contributed by atoms with Crippen molar-refractivity contribution in [3.05, 3.63) is 70.3 Å². The van der Waals surface area contributed by atoms with Gasteiger partial charge in [-0.15, -0.1) is 0 Å². The number of rotatable bonds is 5. The van der Waals surface area contributed by atoms with Crippen molar-refractivity contribution in [3.8, 4) is 11.8 Å². The topological polar surface area (TPSA) is 70.3 Å². The second-order valence-corrected chi connectivity index (χ2v) is 4.90. The number of nitriles is 1. The number of halogens is 1. The lowest BCUT2D eigenvalue weighted by atomic mass is 10.1. The van der Waals surface area contributed by atoms with Crippen LogP contribution in [0.3, 0.4) is 0 Å². The third-order valence-electron chi connectivity index (χ3n) is 2.86. The maximum Gasteiger partial charge on any atom is 0.346 e. The van der Waals surface area contributed by atoms with Crippen LogP contribution in [0.2, 0.25) is 5.02 Å². The average molecular weight is 314 g/mol. The van der Waals surface area contributed by atoms with Gasteiger partial charge < -0.3 is 9.84 Å². The molecule has 5 heteroatoms. The van der Waals surface area contributed by atoms with Crippen molar-refractivity contribution in [3.63, 3.8) is 0 Å². The van der Waals surface area contributed by atoms with E-state index in [2.05, 4.69) is 0 Å². The molecule has 0 aliphatic rings. The van der Waals surface area contributed by atoms with Crippen molar-refractivity contribution in [2.24, 2.45) is 0 Å². The molecule has 2 aromatic carbocycles. The number of hydrogen-bond acceptors (Lipinski definition) is 3. The zero-order valence-electron chi connectivity index (χ0n) is 11.5. The van der Waals surface area contributed by atoms with E-state index in [0.29, 0.717) is 22.9 Å². The molecule has 110 valence electrons. The van der Waals surface area contributed by atoms with Crippen molar-refractivity contribution in [1.29, 1.82) is 5.26 Å². The molecule has 2 rings (SSSR count). The van der Waals surface area contributed by atoms with Crippen LogP contribution >= 0.6 is 11.6 Å². The summed E-state index contributed by atoms with van der Waals surface area (Å²) in [6.45, 7) is 0.408. The van der Waals surface area contributed by atoms with Crippen LogP contribution in [0.1, 0.15) is 11.1 Å². The first kappa shape index (κ1) is 15.6. The number of nitrogens with zero attached hydrogens (tertiary/aromatic N) is 1. The standard InChI is InChI=1S/C17H12ClNO3/c18-15-5-1-13(2-6-15)11-22-16-7-3-12(4-8-16)9-14(10-19)17(20)21/h1-9H,11H2,(H,20,21)/b14-9+. The Hall–Kier alpha value is -2.77. The van der Waals surface area contributed by atoms with Gasteiger partial charge in [0.25, 0.3) is 0 Å². The Morgan fingerprint density at radius 3 is 2.36 bits per heavy atom. The zero-order valence-corrected chi connectivity index (χ0v) is 12.2. The van der Waals surface area contributed by atoms with E-state index in [1.54, 1.807) is 42.5 Å². The molecule has 0 atom stereocenters. The third kappa shape index (κ3) is 4.37. The Labute approximate surface area is 132 Å². The van der Waals surface area contributed by atoms with Gasteiger partial charge in [-0.3, -0.25) is 0 Å². The van der Waals surface area contributed by atoms with Gasteiger partial charge in [0.15, 0.2) is 0 Å². The Bertz CT molecular complexity index is 728. The van der Waals surface area contributed by atoms with E-state index >= 15 is 0 Å². The molecule has 0 aliphatic carbocycles. The van der Waals surface area contributed by atoms with Crippen LogP contribution in [-0.4, -0.2) is 11.1 Å². The van der Waals surface area contributed by atoms with Crippen LogP contribution in [0.25, 0.3) is 6.08 Å². The molecule has 0 fully saturated rings. The van der Waals surface area contributed by atoms with Crippen LogP contribution in [0.4, 0.5) is 0 Å². The van der Waals surface area contributed by atoms with E-state index < -0.39 is 5.97 Å². The first-order chi connectivity index (χ1) is 10.6. The second-order valence-electron chi connectivity index (χ2n) is 4.46. The van der Waals surface area contributed by atoms with Gasteiger partial charge in [-0.1, -0.05) is 35.9 Å². The molecule has 0 heterocycles. The monoisotopic (exact) mass is 313 g/mol. The molecule has 0 radical (unpaired) electrons. The highest BCUT2D eigenvalue weighted by Gasteiger charge is 2.05. The summed E-state index contributed by atoms with van der Waals surface area (Å²) >= 11 is 5.81. The summed E-state index contributed by atoms with van der Waals surface area (Å²) in [4.78, 5) is 10.8. The maximum atomic E-state index is 10.8. The lowest BCUT2D eigenvalue weighted by Crippen LogP contribution is -1.97. The van der Waals surface area contributed by atoms with Crippen molar-refractivity contribution < 1.29 is 14.6 Å². The Morgan fingerprint density at radius 2 is 1.82 bits per heavy atom. The van der Waals surface area contributed by atoms with Crippen molar-refractivity contribution in [2.75, 3.05) is 0 Å². The Balaban J connectivity index is 2.02. The van der Waals surface area contributed by atoms with E-state index in [1.807, 2.05) is 12.1 Å². The van der Waals surface area contributed by atoms with Crippen LogP contribution in [0.5, 0.6) is 5.75 Å². The van der Waals surface area contributed by atoms with Crippen molar-refractivity contribution in [2.45, 2.75) is 6.61 Å². The molecule has 0 aliphatic heterocycles. The van der Waals surface area contributed by atoms with Crippen LogP contribution in [0.15, 0.2) is 54.1 Å². The van der Waals surface area contributed by atoms with Gasteiger partial charge in [0.2, 0.25) is 0 Å². The average Bonchev–Trinajstić information content (AvgIpc) is 2.53. The van der Waals surface area contributed by atoms with Gasteiger partial charge in [0, 0.05) is 5.02 Å². The first-order valence-electron chi connectivity index (χ1n) is 6.41. The molecule has 2 aromatic rings. The van der Waals surface area contributed by atoms with E-state index in [1.165, 1.54) is 6.08 Å². The molecule has 0 amide bonds. The summed E-state index contributed by atoms with van der Waals surface area (Å²) in [5.74, 6) is -0.591. The second kappa shape index (κ2) is 7.30. The van der Waals surface area contributed by atoms with Crippen molar-refractivity contribution in [1.82, 2.24) is 0 Å². The van der Waals surface area contributed by atoms with Crippen LogP contribution in [0, 0.1) is 11.3 Å². The number of benzene rings is 2. The quantitative estimate of drug-likeness (QED) is 0.671. The van der Waals surface area contributed by atoms with E-state index in [0.717, 1.165) is 5.56 Å². The van der Waals surface area contributed by atoms with E-state index in [9.17, 15) is 4.79 Å². The van der Waals surface area contributed by atoms with Crippen molar-refractivity contribution >= 4 is 23.6 Å². The molecule has 1 N–H and O–H groups in total. The van der Waals surface area contributed by atoms with Gasteiger partial charge >= 0.3 is 5.97 Å². The smallest absolute Gasteiger partial charge is 0.346 e. The lowest BCUT2D eigenvalue weighted by molar-refractivity contribution is -0.132. The molecule has 0 spiro atoms. The van der Waals surface area contributed by atoms with E-state index in [-0.39, 0.29) is 5.57 Å². The normalized spacial score (nSPS) is 10.8. The molecular weight excluding hydrogens is 302 g/mol. The molecule has 0 saturated heterocycles. The summed E-state index contributed by atoms with van der Waals surface area (Å²) < 4.78 is 5.62. The largest absolute Gasteiger partial charge is 0.489 e. The molecule has 0 saturated carbocycles. The Morgan fingerprint density at radius 1 is 1.18 bits per heavy atom. The lowest BCUT2D eigenvalue weighted by Gasteiger charge is -2.06. The number of carboxylic acid groups (broad SMARTS) is 1. The van der Waals surface area contributed by atoms with Crippen LogP contribution in [-0.2, 0) is 11.4 Å². The highest BCUT2D eigenvalue weighted by Crippen LogP contribution is 2.17. The number of carboxylic acids is 1. The summed E-state index contributed by atoms with van der Waals surface area (Å²) in [7, 11) is 0.